The predicted molar refractivity (Wildman–Crippen MR) is 116 cm³/mol. The summed E-state index contributed by atoms with van der Waals surface area (Å²) in [7, 11) is 1.39. The number of ether oxygens (including phenoxy) is 2. The van der Waals surface area contributed by atoms with Crippen molar-refractivity contribution in [3.05, 3.63) is 57.6 Å². The maximum atomic E-state index is 12.4. The molecule has 0 saturated carbocycles. The summed E-state index contributed by atoms with van der Waals surface area (Å²) in [5.41, 5.74) is 2.43. The molecule has 1 aliphatic heterocycles. The number of benzene rings is 2. The average Bonchev–Trinajstić information content (AvgIpc) is 3.15. The molecule has 2 aromatic carbocycles. The van der Waals surface area contributed by atoms with Gasteiger partial charge in [0.25, 0.3) is 11.6 Å². The number of hydrogen-bond donors (Lipinski definition) is 1. The molecular weight excluding hydrogens is 418 g/mol. The van der Waals surface area contributed by atoms with Crippen LogP contribution in [0, 0.1) is 29.9 Å². The minimum absolute atomic E-state index is 0.0191. The minimum Gasteiger partial charge on any atom is -0.497 e. The number of nitro groups is 1. The van der Waals surface area contributed by atoms with Crippen LogP contribution in [0.2, 0.25) is 0 Å². The van der Waals surface area contributed by atoms with Gasteiger partial charge < -0.3 is 19.7 Å². The van der Waals surface area contributed by atoms with Crippen molar-refractivity contribution >= 4 is 34.8 Å². The molecule has 1 aliphatic rings. The van der Waals surface area contributed by atoms with Crippen LogP contribution in [0.4, 0.5) is 17.1 Å². The van der Waals surface area contributed by atoms with Gasteiger partial charge in [-0.25, -0.2) is 0 Å². The monoisotopic (exact) mass is 441 g/mol. The van der Waals surface area contributed by atoms with Crippen molar-refractivity contribution in [2.45, 2.75) is 20.3 Å². The number of esters is 1. The molecule has 1 heterocycles. The third-order valence-corrected chi connectivity index (χ3v) is 5.28. The van der Waals surface area contributed by atoms with Gasteiger partial charge in [-0.05, 0) is 43.2 Å². The Balaban J connectivity index is 1.59. The van der Waals surface area contributed by atoms with E-state index in [1.165, 1.54) is 30.2 Å². The lowest BCUT2D eigenvalue weighted by Crippen LogP contribution is -2.28. The van der Waals surface area contributed by atoms with E-state index in [0.29, 0.717) is 11.4 Å². The van der Waals surface area contributed by atoms with Gasteiger partial charge in [0.1, 0.15) is 11.4 Å². The average molecular weight is 441 g/mol. The fraction of sp³-hybridized carbons (Fsp3) is 0.318. The third kappa shape index (κ3) is 5.02. The summed E-state index contributed by atoms with van der Waals surface area (Å²) in [4.78, 5) is 49.0. The number of methoxy groups -OCH3 is 1. The Kier molecular flexibility index (Phi) is 6.72. The van der Waals surface area contributed by atoms with Crippen molar-refractivity contribution < 1.29 is 28.8 Å². The first-order valence-corrected chi connectivity index (χ1v) is 9.86. The standard InChI is InChI=1S/C22H23N3O7/c1-13-4-5-16(8-14(13)2)24-11-15(9-21(24)27)22(28)32-12-20(26)23-18-10-17(31-3)6-7-19(18)25(29)30/h4-8,10,15H,9,11-12H2,1-3H3,(H,23,26)/t15-/m0/s1. The number of nitrogens with zero attached hydrogens (tertiary/aromatic N) is 2. The Morgan fingerprint density at radius 1 is 1.19 bits per heavy atom. The highest BCUT2D eigenvalue weighted by atomic mass is 16.6. The first kappa shape index (κ1) is 22.7. The number of aryl methyl sites for hydroxylation is 2. The van der Waals surface area contributed by atoms with Crippen LogP contribution in [0.3, 0.4) is 0 Å². The van der Waals surface area contributed by atoms with Gasteiger partial charge in [0, 0.05) is 30.8 Å². The maximum Gasteiger partial charge on any atom is 0.311 e. The van der Waals surface area contributed by atoms with E-state index in [0.717, 1.165) is 11.1 Å². The van der Waals surface area contributed by atoms with Gasteiger partial charge in [0.15, 0.2) is 6.61 Å². The summed E-state index contributed by atoms with van der Waals surface area (Å²) in [5, 5.41) is 13.5. The van der Waals surface area contributed by atoms with Crippen LogP contribution in [-0.4, -0.2) is 43.0 Å². The van der Waals surface area contributed by atoms with Crippen molar-refractivity contribution in [1.29, 1.82) is 0 Å². The second kappa shape index (κ2) is 9.46. The van der Waals surface area contributed by atoms with Crippen molar-refractivity contribution in [3.63, 3.8) is 0 Å². The van der Waals surface area contributed by atoms with Crippen LogP contribution in [0.15, 0.2) is 36.4 Å². The number of nitrogens with one attached hydrogen (secondary N) is 1. The second-order valence-corrected chi connectivity index (χ2v) is 7.47. The van der Waals surface area contributed by atoms with Gasteiger partial charge in [-0.2, -0.15) is 0 Å². The third-order valence-electron chi connectivity index (χ3n) is 5.28. The number of nitro benzene ring substituents is 1. The van der Waals surface area contributed by atoms with Crippen LogP contribution < -0.4 is 15.0 Å². The normalized spacial score (nSPS) is 15.4. The molecule has 168 valence electrons. The number of carbonyl (C=O) groups excluding carboxylic acids is 3. The predicted octanol–water partition coefficient (Wildman–Crippen LogP) is 2.76. The van der Waals surface area contributed by atoms with Crippen LogP contribution in [0.5, 0.6) is 5.75 Å². The van der Waals surface area contributed by atoms with E-state index < -0.39 is 29.3 Å². The molecule has 0 unspecified atom stereocenters. The van der Waals surface area contributed by atoms with Crippen LogP contribution in [-0.2, 0) is 19.1 Å². The molecular formula is C22H23N3O7. The number of amides is 2. The van der Waals surface area contributed by atoms with E-state index in [1.54, 1.807) is 0 Å². The summed E-state index contributed by atoms with van der Waals surface area (Å²) in [6, 6.07) is 9.51. The van der Waals surface area contributed by atoms with Crippen molar-refractivity contribution in [2.75, 3.05) is 30.5 Å². The van der Waals surface area contributed by atoms with E-state index in [-0.39, 0.29) is 30.2 Å². The Morgan fingerprint density at radius 2 is 1.94 bits per heavy atom. The molecule has 0 aliphatic carbocycles. The molecule has 1 saturated heterocycles. The van der Waals surface area contributed by atoms with Crippen molar-refractivity contribution in [3.8, 4) is 5.75 Å². The SMILES string of the molecule is COc1ccc([N+](=O)[O-])c(NC(=O)COC(=O)[C@H]2CC(=O)N(c3ccc(C)c(C)c3)C2)c1. The van der Waals surface area contributed by atoms with E-state index in [1.807, 2.05) is 32.0 Å². The summed E-state index contributed by atoms with van der Waals surface area (Å²) in [5.74, 6) is -2.02. The number of carbonyl (C=O) groups is 3. The second-order valence-electron chi connectivity index (χ2n) is 7.47. The summed E-state index contributed by atoms with van der Waals surface area (Å²) in [6.45, 7) is 3.43. The Labute approximate surface area is 184 Å². The lowest BCUT2D eigenvalue weighted by atomic mass is 10.1. The molecule has 1 atom stereocenters. The van der Waals surface area contributed by atoms with Gasteiger partial charge in [0.05, 0.1) is 18.0 Å². The van der Waals surface area contributed by atoms with E-state index >= 15 is 0 Å². The van der Waals surface area contributed by atoms with Gasteiger partial charge in [-0.1, -0.05) is 6.07 Å². The molecule has 3 rings (SSSR count). The van der Waals surface area contributed by atoms with E-state index in [2.05, 4.69) is 5.32 Å². The summed E-state index contributed by atoms with van der Waals surface area (Å²) in [6.07, 6.45) is -0.0191. The lowest BCUT2D eigenvalue weighted by molar-refractivity contribution is -0.383. The minimum atomic E-state index is -0.745. The van der Waals surface area contributed by atoms with Gasteiger partial charge in [-0.3, -0.25) is 24.5 Å². The van der Waals surface area contributed by atoms with Crippen molar-refractivity contribution in [1.82, 2.24) is 0 Å². The fourth-order valence-electron chi connectivity index (χ4n) is 3.35. The zero-order valence-electron chi connectivity index (χ0n) is 17.9. The highest BCUT2D eigenvalue weighted by molar-refractivity contribution is 6.00. The molecule has 32 heavy (non-hydrogen) atoms. The number of rotatable bonds is 7. The molecule has 0 spiro atoms. The van der Waals surface area contributed by atoms with E-state index in [9.17, 15) is 24.5 Å². The molecule has 10 heteroatoms. The zero-order valence-corrected chi connectivity index (χ0v) is 17.9. The largest absolute Gasteiger partial charge is 0.497 e. The summed E-state index contributed by atoms with van der Waals surface area (Å²) >= 11 is 0. The Hall–Kier alpha value is -3.95. The number of anilines is 2. The first-order valence-electron chi connectivity index (χ1n) is 9.86. The van der Waals surface area contributed by atoms with Crippen molar-refractivity contribution in [2.24, 2.45) is 5.92 Å². The molecule has 0 radical (unpaired) electrons. The zero-order chi connectivity index (χ0) is 23.4. The molecule has 0 aromatic heterocycles. The van der Waals surface area contributed by atoms with Gasteiger partial charge in [0.2, 0.25) is 5.91 Å². The molecule has 1 fully saturated rings. The smallest absolute Gasteiger partial charge is 0.311 e. The molecule has 2 aromatic rings. The first-order chi connectivity index (χ1) is 15.2. The molecule has 0 bridgehead atoms. The van der Waals surface area contributed by atoms with E-state index in [4.69, 9.17) is 9.47 Å². The highest BCUT2D eigenvalue weighted by Gasteiger charge is 2.36. The van der Waals surface area contributed by atoms with Crippen LogP contribution in [0.1, 0.15) is 17.5 Å². The maximum absolute atomic E-state index is 12.4. The molecule has 1 N–H and O–H groups in total. The topological polar surface area (TPSA) is 128 Å². The number of hydrogen-bond acceptors (Lipinski definition) is 7. The van der Waals surface area contributed by atoms with Gasteiger partial charge in [-0.15, -0.1) is 0 Å². The Morgan fingerprint density at radius 3 is 2.59 bits per heavy atom. The summed E-state index contributed by atoms with van der Waals surface area (Å²) < 4.78 is 10.1. The highest BCUT2D eigenvalue weighted by Crippen LogP contribution is 2.29. The van der Waals surface area contributed by atoms with Crippen LogP contribution in [0.25, 0.3) is 0 Å². The fourth-order valence-corrected chi connectivity index (χ4v) is 3.35. The molecule has 10 nitrogen and oxygen atoms in total. The van der Waals surface area contributed by atoms with Crippen LogP contribution >= 0.6 is 0 Å². The van der Waals surface area contributed by atoms with Gasteiger partial charge >= 0.3 is 5.97 Å². The molecule has 2 amide bonds. The Bertz CT molecular complexity index is 1080. The lowest BCUT2D eigenvalue weighted by Gasteiger charge is -2.17. The quantitative estimate of drug-likeness (QED) is 0.397.